The van der Waals surface area contributed by atoms with Gasteiger partial charge in [0, 0.05) is 27.1 Å². The Labute approximate surface area is 362 Å². The van der Waals surface area contributed by atoms with Crippen LogP contribution in [0.3, 0.4) is 0 Å². The Morgan fingerprint density at radius 3 is 1.51 bits per heavy atom. The van der Waals surface area contributed by atoms with E-state index in [2.05, 4.69) is 98.9 Å². The number of hydrogen-bond acceptors (Lipinski definition) is 0. The zero-order valence-corrected chi connectivity index (χ0v) is 34.0. The number of aryl methyl sites for hydroxylation is 1. The van der Waals surface area contributed by atoms with Gasteiger partial charge in [-0.25, -0.2) is 4.85 Å². The first-order valence-electron chi connectivity index (χ1n) is 20.8. The Kier molecular flexibility index (Phi) is 8.88. The van der Waals surface area contributed by atoms with E-state index in [-0.39, 0.29) is 5.56 Å². The van der Waals surface area contributed by atoms with E-state index in [9.17, 15) is 13.2 Å². The molecule has 0 N–H and O–H groups in total. The maximum absolute atomic E-state index is 14.9. The SMILES string of the molecule is [C-]#[N+]c1ccc(-n2c3ccccc3c3cc(-c4ccccc4)ccc32)c(-c2ccc(-c3c(C)cccc3C(F)(F)F)cc2-n2c3ccccc3c3cc(-c4ccccc4)ccc32)c1. The molecule has 6 heteroatoms. The highest BCUT2D eigenvalue weighted by atomic mass is 19.4. The lowest BCUT2D eigenvalue weighted by molar-refractivity contribution is -0.137. The van der Waals surface area contributed by atoms with Gasteiger partial charge in [0.15, 0.2) is 5.69 Å². The average Bonchev–Trinajstić information content (AvgIpc) is 3.83. The Hall–Kier alpha value is -8.14. The molecule has 9 aromatic carbocycles. The average molecular weight is 820 g/mol. The van der Waals surface area contributed by atoms with Gasteiger partial charge in [0.05, 0.1) is 45.6 Å². The van der Waals surface area contributed by atoms with Crippen LogP contribution in [0, 0.1) is 13.5 Å². The number of para-hydroxylation sites is 2. The number of alkyl halides is 3. The first-order valence-corrected chi connectivity index (χ1v) is 20.8. The molecule has 0 amide bonds. The van der Waals surface area contributed by atoms with E-state index in [0.29, 0.717) is 22.5 Å². The van der Waals surface area contributed by atoms with Gasteiger partial charge >= 0.3 is 6.18 Å². The summed E-state index contributed by atoms with van der Waals surface area (Å²) in [5, 5.41) is 4.19. The molecule has 0 aliphatic heterocycles. The van der Waals surface area contributed by atoms with Crippen molar-refractivity contribution in [3.63, 3.8) is 0 Å². The van der Waals surface area contributed by atoms with Gasteiger partial charge in [-0.15, -0.1) is 0 Å². The molecule has 0 saturated heterocycles. The molecule has 300 valence electrons. The van der Waals surface area contributed by atoms with E-state index in [4.69, 9.17) is 6.57 Å². The number of rotatable bonds is 6. The standard InChI is InChI=1S/C57H36F3N3/c1-36-14-13-21-49(57(58,59)60)56(36)41-24-28-45(55(34-41)63-51-23-12-10-20-44(51)47-33-40(26-30-53(47)63)38-17-7-4-8-18-38)48-35-42(61-2)27-31-54(48)62-50-22-11-9-19-43(50)46-32-39(25-29-52(46)62)37-15-5-3-6-16-37/h3-35H,1H3. The lowest BCUT2D eigenvalue weighted by Crippen LogP contribution is -2.08. The third-order valence-electron chi connectivity index (χ3n) is 12.3. The van der Waals surface area contributed by atoms with Crippen LogP contribution >= 0.6 is 0 Å². The lowest BCUT2D eigenvalue weighted by Gasteiger charge is -2.21. The van der Waals surface area contributed by atoms with Crippen molar-refractivity contribution in [1.29, 1.82) is 0 Å². The second-order valence-corrected chi connectivity index (χ2v) is 15.9. The Balaban J connectivity index is 1.24. The van der Waals surface area contributed by atoms with Crippen LogP contribution in [0.25, 0.3) is 104 Å². The van der Waals surface area contributed by atoms with Crippen LogP contribution in [-0.2, 0) is 6.18 Å². The normalized spacial score (nSPS) is 11.8. The molecule has 0 aliphatic carbocycles. The van der Waals surface area contributed by atoms with E-state index < -0.39 is 11.7 Å². The molecule has 0 bridgehead atoms. The van der Waals surface area contributed by atoms with Gasteiger partial charge in [-0.2, -0.15) is 13.2 Å². The Morgan fingerprint density at radius 1 is 0.413 bits per heavy atom. The van der Waals surface area contributed by atoms with Crippen LogP contribution in [0.4, 0.5) is 18.9 Å². The molecule has 0 aliphatic rings. The van der Waals surface area contributed by atoms with Crippen molar-refractivity contribution in [3.8, 4) is 55.9 Å². The second kappa shape index (κ2) is 14.8. The molecular formula is C57H36F3N3. The fourth-order valence-corrected chi connectivity index (χ4v) is 9.48. The van der Waals surface area contributed by atoms with Crippen LogP contribution in [0.1, 0.15) is 11.1 Å². The minimum absolute atomic E-state index is 0.136. The van der Waals surface area contributed by atoms with Gasteiger partial charge in [-0.1, -0.05) is 140 Å². The van der Waals surface area contributed by atoms with Gasteiger partial charge in [0.1, 0.15) is 0 Å². The zero-order valence-electron chi connectivity index (χ0n) is 34.0. The third kappa shape index (κ3) is 6.28. The van der Waals surface area contributed by atoms with Crippen molar-refractivity contribution < 1.29 is 13.2 Å². The van der Waals surface area contributed by atoms with E-state index in [1.807, 2.05) is 91.0 Å². The molecule has 11 rings (SSSR count). The summed E-state index contributed by atoms with van der Waals surface area (Å²) >= 11 is 0. The van der Waals surface area contributed by atoms with Crippen molar-refractivity contribution in [1.82, 2.24) is 9.13 Å². The highest BCUT2D eigenvalue weighted by molar-refractivity contribution is 6.13. The smallest absolute Gasteiger partial charge is 0.309 e. The molecule has 3 nitrogen and oxygen atoms in total. The summed E-state index contributed by atoms with van der Waals surface area (Å²) in [4.78, 5) is 3.90. The van der Waals surface area contributed by atoms with Gasteiger partial charge in [0.2, 0.25) is 0 Å². The van der Waals surface area contributed by atoms with Crippen molar-refractivity contribution in [2.45, 2.75) is 13.1 Å². The molecule has 2 heterocycles. The van der Waals surface area contributed by atoms with E-state index in [1.54, 1.807) is 19.1 Å². The molecule has 0 atom stereocenters. The Morgan fingerprint density at radius 2 is 0.937 bits per heavy atom. The van der Waals surface area contributed by atoms with Gasteiger partial charge in [0.25, 0.3) is 0 Å². The summed E-state index contributed by atoms with van der Waals surface area (Å²) < 4.78 is 49.0. The van der Waals surface area contributed by atoms with Crippen LogP contribution in [0.2, 0.25) is 0 Å². The van der Waals surface area contributed by atoms with E-state index >= 15 is 0 Å². The maximum atomic E-state index is 14.9. The molecule has 0 fully saturated rings. The van der Waals surface area contributed by atoms with Crippen LogP contribution < -0.4 is 0 Å². The largest absolute Gasteiger partial charge is 0.417 e. The maximum Gasteiger partial charge on any atom is 0.417 e. The predicted molar refractivity (Wildman–Crippen MR) is 253 cm³/mol. The van der Waals surface area contributed by atoms with Gasteiger partial charge in [-0.05, 0) is 112 Å². The molecule has 11 aromatic rings. The molecule has 0 spiro atoms. The summed E-state index contributed by atoms with van der Waals surface area (Å²) in [6.45, 7) is 9.90. The monoisotopic (exact) mass is 819 g/mol. The molecular weight excluding hydrogens is 784 g/mol. The molecule has 2 aromatic heterocycles. The van der Waals surface area contributed by atoms with Crippen molar-refractivity contribution in [2.24, 2.45) is 0 Å². The number of benzene rings is 9. The third-order valence-corrected chi connectivity index (χ3v) is 12.3. The Bertz CT molecular complexity index is 3630. The van der Waals surface area contributed by atoms with Crippen molar-refractivity contribution >= 4 is 49.3 Å². The van der Waals surface area contributed by atoms with Crippen LogP contribution in [0.5, 0.6) is 0 Å². The summed E-state index contributed by atoms with van der Waals surface area (Å²) in [6, 6.07) is 65.7. The lowest BCUT2D eigenvalue weighted by atomic mass is 9.91. The van der Waals surface area contributed by atoms with Gasteiger partial charge in [-0.3, -0.25) is 0 Å². The summed E-state index contributed by atoms with van der Waals surface area (Å²) in [5.41, 5.74) is 12.1. The minimum Gasteiger partial charge on any atom is -0.309 e. The summed E-state index contributed by atoms with van der Waals surface area (Å²) in [5.74, 6) is 0. The number of nitrogens with zero attached hydrogens (tertiary/aromatic N) is 3. The summed E-state index contributed by atoms with van der Waals surface area (Å²) in [6.07, 6.45) is -4.57. The molecule has 63 heavy (non-hydrogen) atoms. The fourth-order valence-electron chi connectivity index (χ4n) is 9.48. The zero-order chi connectivity index (χ0) is 42.8. The van der Waals surface area contributed by atoms with Crippen molar-refractivity contribution in [2.75, 3.05) is 0 Å². The minimum atomic E-state index is -4.57. The first kappa shape index (κ1) is 37.8. The van der Waals surface area contributed by atoms with Crippen LogP contribution in [-0.4, -0.2) is 9.13 Å². The quantitative estimate of drug-likeness (QED) is 0.148. The number of halogens is 3. The fraction of sp³-hybridized carbons (Fsp3) is 0.0351. The van der Waals surface area contributed by atoms with Crippen LogP contribution in [0.15, 0.2) is 200 Å². The second-order valence-electron chi connectivity index (χ2n) is 15.9. The number of fused-ring (bicyclic) bond motifs is 6. The molecule has 0 radical (unpaired) electrons. The van der Waals surface area contributed by atoms with Gasteiger partial charge < -0.3 is 9.13 Å². The summed E-state index contributed by atoms with van der Waals surface area (Å²) in [7, 11) is 0. The highest BCUT2D eigenvalue weighted by Gasteiger charge is 2.34. The topological polar surface area (TPSA) is 14.2 Å². The van der Waals surface area contributed by atoms with E-state index in [0.717, 1.165) is 88.7 Å². The predicted octanol–water partition coefficient (Wildman–Crippen LogP) is 16.4. The number of hydrogen-bond donors (Lipinski definition) is 0. The highest BCUT2D eigenvalue weighted by Crippen LogP contribution is 2.46. The van der Waals surface area contributed by atoms with Crippen molar-refractivity contribution in [3.05, 3.63) is 223 Å². The molecule has 0 saturated carbocycles. The first-order chi connectivity index (χ1) is 30.8. The van der Waals surface area contributed by atoms with E-state index in [1.165, 1.54) is 6.07 Å². The number of aromatic nitrogens is 2. The molecule has 0 unspecified atom stereocenters.